The van der Waals surface area contributed by atoms with Gasteiger partial charge in [-0.1, -0.05) is 0 Å². The highest BCUT2D eigenvalue weighted by Crippen LogP contribution is 2.20. The van der Waals surface area contributed by atoms with Gasteiger partial charge in [-0.25, -0.2) is 0 Å². The third kappa shape index (κ3) is 3.22. The van der Waals surface area contributed by atoms with Gasteiger partial charge in [0.1, 0.15) is 0 Å². The third-order valence-electron chi connectivity index (χ3n) is 3.26. The molecule has 2 aromatic rings. The lowest BCUT2D eigenvalue weighted by Crippen LogP contribution is -2.24. The second kappa shape index (κ2) is 6.26. The molecular formula is C14H15BrIN3O. The Kier molecular flexibility index (Phi) is 4.85. The highest BCUT2D eigenvalue weighted by molar-refractivity contribution is 14.1. The number of nitrogens with zero attached hydrogens (tertiary/aromatic N) is 2. The molecule has 0 unspecified atom stereocenters. The molecule has 1 aromatic heterocycles. The van der Waals surface area contributed by atoms with Crippen LogP contribution in [0, 0.1) is 17.4 Å². The van der Waals surface area contributed by atoms with E-state index in [2.05, 4.69) is 48.9 Å². The molecule has 0 spiro atoms. The number of carbonyl (C=O) groups excluding carboxylic acids is 1. The maximum Gasteiger partial charge on any atom is 0.252 e. The van der Waals surface area contributed by atoms with Crippen molar-refractivity contribution in [2.24, 2.45) is 7.05 Å². The minimum Gasteiger partial charge on any atom is -0.348 e. The predicted octanol–water partition coefficient (Wildman–Crippen LogP) is 3.33. The van der Waals surface area contributed by atoms with Gasteiger partial charge in [-0.2, -0.15) is 5.10 Å². The molecule has 0 aliphatic carbocycles. The highest BCUT2D eigenvalue weighted by Gasteiger charge is 2.13. The van der Waals surface area contributed by atoms with Gasteiger partial charge < -0.3 is 5.32 Å². The van der Waals surface area contributed by atoms with Crippen LogP contribution >= 0.6 is 38.5 Å². The van der Waals surface area contributed by atoms with E-state index in [-0.39, 0.29) is 5.91 Å². The molecule has 6 heteroatoms. The van der Waals surface area contributed by atoms with Crippen LogP contribution in [0.5, 0.6) is 0 Å². The van der Waals surface area contributed by atoms with E-state index in [4.69, 9.17) is 0 Å². The van der Waals surface area contributed by atoms with E-state index in [1.807, 2.05) is 43.8 Å². The second-order valence-corrected chi connectivity index (χ2v) is 6.68. The van der Waals surface area contributed by atoms with Crippen molar-refractivity contribution in [1.29, 1.82) is 0 Å². The van der Waals surface area contributed by atoms with Gasteiger partial charge in [0.15, 0.2) is 0 Å². The van der Waals surface area contributed by atoms with E-state index in [1.165, 1.54) is 0 Å². The van der Waals surface area contributed by atoms with Crippen LogP contribution in [0.3, 0.4) is 0 Å². The molecule has 0 bridgehead atoms. The van der Waals surface area contributed by atoms with E-state index in [1.54, 1.807) is 0 Å². The molecule has 1 amide bonds. The van der Waals surface area contributed by atoms with Gasteiger partial charge in [-0.15, -0.1) is 0 Å². The van der Waals surface area contributed by atoms with Crippen LogP contribution in [-0.4, -0.2) is 15.7 Å². The molecule has 1 heterocycles. The van der Waals surface area contributed by atoms with Crippen LogP contribution in [0.2, 0.25) is 0 Å². The molecule has 1 N–H and O–H groups in total. The van der Waals surface area contributed by atoms with Crippen LogP contribution in [0.1, 0.15) is 27.3 Å². The molecule has 0 fully saturated rings. The third-order valence-corrected chi connectivity index (χ3v) is 4.62. The minimum atomic E-state index is -0.0851. The van der Waals surface area contributed by atoms with Crippen molar-refractivity contribution >= 4 is 44.4 Å². The Morgan fingerprint density at radius 3 is 2.75 bits per heavy atom. The number of carbonyl (C=O) groups is 1. The monoisotopic (exact) mass is 447 g/mol. The number of hydrogen-bond donors (Lipinski definition) is 1. The lowest BCUT2D eigenvalue weighted by molar-refractivity contribution is 0.0950. The lowest BCUT2D eigenvalue weighted by atomic mass is 10.1. The molecule has 0 radical (unpaired) electrons. The van der Waals surface area contributed by atoms with Gasteiger partial charge in [0.2, 0.25) is 0 Å². The van der Waals surface area contributed by atoms with Crippen LogP contribution in [0.4, 0.5) is 0 Å². The summed E-state index contributed by atoms with van der Waals surface area (Å²) in [7, 11) is 1.91. The number of nitrogens with one attached hydrogen (secondary N) is 1. The van der Waals surface area contributed by atoms with Crippen molar-refractivity contribution in [3.63, 3.8) is 0 Å². The topological polar surface area (TPSA) is 46.9 Å². The molecule has 2 rings (SSSR count). The maximum absolute atomic E-state index is 12.2. The zero-order valence-electron chi connectivity index (χ0n) is 11.5. The summed E-state index contributed by atoms with van der Waals surface area (Å²) in [5.41, 5.74) is 3.75. The number of aromatic nitrogens is 2. The average molecular weight is 448 g/mol. The van der Waals surface area contributed by atoms with Crippen LogP contribution in [0.15, 0.2) is 22.7 Å². The molecule has 0 saturated carbocycles. The number of halogens is 2. The molecule has 106 valence electrons. The maximum atomic E-state index is 12.2. The Hall–Kier alpha value is -0.890. The number of amides is 1. The van der Waals surface area contributed by atoms with Crippen molar-refractivity contribution < 1.29 is 4.79 Å². The first-order valence-corrected chi connectivity index (χ1v) is 7.99. The predicted molar refractivity (Wildman–Crippen MR) is 90.7 cm³/mol. The summed E-state index contributed by atoms with van der Waals surface area (Å²) < 4.78 is 3.66. The summed E-state index contributed by atoms with van der Waals surface area (Å²) in [6.45, 7) is 4.45. The molecule has 0 saturated heterocycles. The zero-order valence-corrected chi connectivity index (χ0v) is 15.2. The fourth-order valence-corrected chi connectivity index (χ4v) is 2.93. The van der Waals surface area contributed by atoms with Crippen molar-refractivity contribution in [2.45, 2.75) is 20.4 Å². The molecule has 0 aliphatic rings. The number of rotatable bonds is 3. The smallest absolute Gasteiger partial charge is 0.252 e. The second-order valence-electron chi connectivity index (χ2n) is 4.58. The van der Waals surface area contributed by atoms with Gasteiger partial charge in [0, 0.05) is 32.9 Å². The summed E-state index contributed by atoms with van der Waals surface area (Å²) in [4.78, 5) is 12.2. The van der Waals surface area contributed by atoms with E-state index < -0.39 is 0 Å². The molecule has 4 nitrogen and oxygen atoms in total. The Labute approximate surface area is 140 Å². The van der Waals surface area contributed by atoms with E-state index >= 15 is 0 Å². The molecule has 0 aliphatic heterocycles. The van der Waals surface area contributed by atoms with E-state index in [9.17, 15) is 4.79 Å². The van der Waals surface area contributed by atoms with E-state index in [0.717, 1.165) is 25.0 Å². The fourth-order valence-electron chi connectivity index (χ4n) is 2.01. The van der Waals surface area contributed by atoms with Crippen molar-refractivity contribution in [2.75, 3.05) is 0 Å². The zero-order chi connectivity index (χ0) is 14.9. The normalized spacial score (nSPS) is 10.7. The van der Waals surface area contributed by atoms with Crippen molar-refractivity contribution in [3.05, 3.63) is 48.8 Å². The first-order valence-electron chi connectivity index (χ1n) is 6.12. The van der Waals surface area contributed by atoms with E-state index in [0.29, 0.717) is 12.1 Å². The molecule has 0 atom stereocenters. The summed E-state index contributed by atoms with van der Waals surface area (Å²) >= 11 is 5.60. The quantitative estimate of drug-likeness (QED) is 0.733. The molecule has 20 heavy (non-hydrogen) atoms. The highest BCUT2D eigenvalue weighted by atomic mass is 127. The van der Waals surface area contributed by atoms with Gasteiger partial charge in [-0.05, 0) is 70.6 Å². The lowest BCUT2D eigenvalue weighted by Gasteiger charge is -2.08. The summed E-state index contributed by atoms with van der Waals surface area (Å²) in [5, 5.41) is 7.30. The average Bonchev–Trinajstić information content (AvgIpc) is 2.64. The molecular weight excluding hydrogens is 433 g/mol. The summed E-state index contributed by atoms with van der Waals surface area (Å²) in [5.74, 6) is -0.0851. The van der Waals surface area contributed by atoms with Gasteiger partial charge >= 0.3 is 0 Å². The van der Waals surface area contributed by atoms with Crippen molar-refractivity contribution in [3.8, 4) is 0 Å². The summed E-state index contributed by atoms with van der Waals surface area (Å²) in [6.07, 6.45) is 0. The Balaban J connectivity index is 2.15. The number of benzene rings is 1. The molecule has 1 aromatic carbocycles. The van der Waals surface area contributed by atoms with Crippen LogP contribution in [-0.2, 0) is 13.6 Å². The van der Waals surface area contributed by atoms with Gasteiger partial charge in [0.05, 0.1) is 11.3 Å². The van der Waals surface area contributed by atoms with Crippen molar-refractivity contribution in [1.82, 2.24) is 15.1 Å². The van der Waals surface area contributed by atoms with Gasteiger partial charge in [-0.3, -0.25) is 9.48 Å². The first kappa shape index (κ1) is 15.5. The Morgan fingerprint density at radius 2 is 2.15 bits per heavy atom. The van der Waals surface area contributed by atoms with Crippen LogP contribution < -0.4 is 5.32 Å². The standard InChI is InChI=1S/C14H15BrIN3O/c1-8-12(9(2)19(3)18-8)7-17-14(20)11-6-10(16)4-5-13(11)15/h4-6H,7H2,1-3H3,(H,17,20). The summed E-state index contributed by atoms with van der Waals surface area (Å²) in [6, 6.07) is 5.71. The largest absolute Gasteiger partial charge is 0.348 e. The SMILES string of the molecule is Cc1nn(C)c(C)c1CNC(=O)c1cc(I)ccc1Br. The van der Waals surface area contributed by atoms with Crippen LogP contribution in [0.25, 0.3) is 0 Å². The number of aryl methyl sites for hydroxylation is 2. The Morgan fingerprint density at radius 1 is 1.45 bits per heavy atom. The fraction of sp³-hybridized carbons (Fsp3) is 0.286. The number of hydrogen-bond acceptors (Lipinski definition) is 2. The minimum absolute atomic E-state index is 0.0851. The first-order chi connectivity index (χ1) is 9.40. The van der Waals surface area contributed by atoms with Gasteiger partial charge in [0.25, 0.3) is 5.91 Å². The Bertz CT molecular complexity index is 667.